The standard InChI is InChI=1S/C46H35NO/c1-45(2)38-14-8-5-11-32(38)34-22-20-30(26-40(34)45)47(31-21-23-35-33-12-6-9-15-39(33)46(3,4)41(35)27-31)29-19-17-28-18-24-43-44(37(28)25-29)36-13-7-10-16-42(36)48-43/h5-27H,1-4H3. The van der Waals surface area contributed by atoms with E-state index in [4.69, 9.17) is 4.42 Å². The molecule has 0 atom stereocenters. The molecule has 0 bridgehead atoms. The van der Waals surface area contributed by atoms with Gasteiger partial charge in [-0.2, -0.15) is 0 Å². The molecule has 1 heterocycles. The molecule has 0 spiro atoms. The monoisotopic (exact) mass is 617 g/mol. The van der Waals surface area contributed by atoms with Crippen molar-refractivity contribution < 1.29 is 4.42 Å². The van der Waals surface area contributed by atoms with Gasteiger partial charge in [-0.25, -0.2) is 0 Å². The van der Waals surface area contributed by atoms with Gasteiger partial charge in [-0.3, -0.25) is 0 Å². The fraction of sp³-hybridized carbons (Fsp3) is 0.130. The van der Waals surface area contributed by atoms with Gasteiger partial charge in [-0.05, 0) is 104 Å². The van der Waals surface area contributed by atoms with Crippen LogP contribution in [0.1, 0.15) is 49.9 Å². The van der Waals surface area contributed by atoms with Crippen molar-refractivity contribution in [2.45, 2.75) is 38.5 Å². The van der Waals surface area contributed by atoms with Crippen LogP contribution in [0.25, 0.3) is 55.0 Å². The van der Waals surface area contributed by atoms with Crippen LogP contribution in [0.15, 0.2) is 144 Å². The molecule has 0 aliphatic heterocycles. The first-order valence-corrected chi connectivity index (χ1v) is 16.9. The summed E-state index contributed by atoms with van der Waals surface area (Å²) in [4.78, 5) is 2.46. The van der Waals surface area contributed by atoms with Crippen molar-refractivity contribution in [3.05, 3.63) is 162 Å². The molecule has 2 nitrogen and oxygen atoms in total. The lowest BCUT2D eigenvalue weighted by atomic mass is 9.82. The molecule has 10 rings (SSSR count). The summed E-state index contributed by atoms with van der Waals surface area (Å²) in [6, 6.07) is 51.5. The first kappa shape index (κ1) is 27.5. The molecule has 8 aromatic rings. The van der Waals surface area contributed by atoms with E-state index >= 15 is 0 Å². The predicted molar refractivity (Wildman–Crippen MR) is 201 cm³/mol. The third-order valence-corrected chi connectivity index (χ3v) is 11.3. The Morgan fingerprint density at radius 2 is 0.917 bits per heavy atom. The number of nitrogens with zero attached hydrogens (tertiary/aromatic N) is 1. The molecule has 48 heavy (non-hydrogen) atoms. The number of anilines is 3. The predicted octanol–water partition coefficient (Wildman–Crippen LogP) is 12.8. The van der Waals surface area contributed by atoms with Crippen LogP contribution in [-0.2, 0) is 10.8 Å². The van der Waals surface area contributed by atoms with Crippen LogP contribution in [0.4, 0.5) is 17.1 Å². The van der Waals surface area contributed by atoms with E-state index in [9.17, 15) is 0 Å². The van der Waals surface area contributed by atoms with Gasteiger partial charge in [-0.15, -0.1) is 0 Å². The number of benzene rings is 7. The van der Waals surface area contributed by atoms with E-state index in [-0.39, 0.29) is 10.8 Å². The second kappa shape index (κ2) is 9.49. The number of fused-ring (bicyclic) bond motifs is 11. The van der Waals surface area contributed by atoms with E-state index in [1.807, 2.05) is 6.07 Å². The molecule has 0 saturated heterocycles. The Labute approximate surface area is 280 Å². The Morgan fingerprint density at radius 3 is 1.56 bits per heavy atom. The molecular weight excluding hydrogens is 583 g/mol. The SMILES string of the molecule is CC1(C)c2ccccc2-c2ccc(N(c3ccc4c(c3)C(C)(C)c3ccccc3-4)c3ccc4ccc5oc6ccccc6c5c4c3)cc21. The van der Waals surface area contributed by atoms with Gasteiger partial charge < -0.3 is 9.32 Å². The van der Waals surface area contributed by atoms with Gasteiger partial charge in [-0.1, -0.05) is 119 Å². The lowest BCUT2D eigenvalue weighted by molar-refractivity contribution is 0.660. The van der Waals surface area contributed by atoms with Crippen molar-refractivity contribution in [1.82, 2.24) is 0 Å². The van der Waals surface area contributed by atoms with Crippen molar-refractivity contribution in [3.63, 3.8) is 0 Å². The summed E-state index contributed by atoms with van der Waals surface area (Å²) in [6.07, 6.45) is 0. The lowest BCUT2D eigenvalue weighted by Crippen LogP contribution is -2.18. The van der Waals surface area contributed by atoms with Crippen LogP contribution in [0, 0.1) is 0 Å². The summed E-state index contributed by atoms with van der Waals surface area (Å²) in [7, 11) is 0. The smallest absolute Gasteiger partial charge is 0.136 e. The Kier molecular flexibility index (Phi) is 5.44. The van der Waals surface area contributed by atoms with Crippen LogP contribution >= 0.6 is 0 Å². The van der Waals surface area contributed by atoms with Gasteiger partial charge in [0.25, 0.3) is 0 Å². The molecule has 0 saturated carbocycles. The highest BCUT2D eigenvalue weighted by Gasteiger charge is 2.37. The second-order valence-corrected chi connectivity index (χ2v) is 14.6. The molecule has 7 aromatic carbocycles. The fourth-order valence-corrected chi connectivity index (χ4v) is 8.78. The van der Waals surface area contributed by atoms with Gasteiger partial charge in [0.15, 0.2) is 0 Å². The van der Waals surface area contributed by atoms with E-state index in [0.717, 1.165) is 33.6 Å². The fourth-order valence-electron chi connectivity index (χ4n) is 8.78. The Balaban J connectivity index is 1.23. The summed E-state index contributed by atoms with van der Waals surface area (Å²) in [6.45, 7) is 9.44. The largest absolute Gasteiger partial charge is 0.456 e. The molecular formula is C46H35NO. The number of furan rings is 1. The van der Waals surface area contributed by atoms with E-state index in [0.29, 0.717) is 0 Å². The second-order valence-electron chi connectivity index (χ2n) is 14.6. The van der Waals surface area contributed by atoms with Crippen molar-refractivity contribution in [1.29, 1.82) is 0 Å². The van der Waals surface area contributed by atoms with Crippen LogP contribution in [0.5, 0.6) is 0 Å². The Morgan fingerprint density at radius 1 is 0.417 bits per heavy atom. The molecule has 230 valence electrons. The van der Waals surface area contributed by atoms with Gasteiger partial charge in [0.1, 0.15) is 11.2 Å². The molecule has 0 N–H and O–H groups in total. The normalized spacial score (nSPS) is 15.0. The molecule has 1 aromatic heterocycles. The summed E-state index contributed by atoms with van der Waals surface area (Å²) in [5, 5.41) is 4.72. The minimum atomic E-state index is -0.0968. The van der Waals surface area contributed by atoms with E-state index in [2.05, 4.69) is 166 Å². The lowest BCUT2D eigenvalue weighted by Gasteiger charge is -2.30. The van der Waals surface area contributed by atoms with E-state index < -0.39 is 0 Å². The molecule has 0 radical (unpaired) electrons. The average molecular weight is 618 g/mol. The van der Waals surface area contributed by atoms with E-state index in [1.54, 1.807) is 0 Å². The first-order chi connectivity index (χ1) is 23.3. The highest BCUT2D eigenvalue weighted by Crippen LogP contribution is 2.53. The van der Waals surface area contributed by atoms with Gasteiger partial charge in [0, 0.05) is 38.7 Å². The van der Waals surface area contributed by atoms with Crippen molar-refractivity contribution in [3.8, 4) is 22.3 Å². The van der Waals surface area contributed by atoms with Crippen molar-refractivity contribution in [2.24, 2.45) is 0 Å². The zero-order valence-corrected chi connectivity index (χ0v) is 27.6. The summed E-state index contributed by atoms with van der Waals surface area (Å²) >= 11 is 0. The first-order valence-electron chi connectivity index (χ1n) is 16.9. The minimum Gasteiger partial charge on any atom is -0.456 e. The highest BCUT2D eigenvalue weighted by atomic mass is 16.3. The number of hydrogen-bond donors (Lipinski definition) is 0. The Bertz CT molecular complexity index is 2530. The van der Waals surface area contributed by atoms with Crippen LogP contribution in [-0.4, -0.2) is 0 Å². The molecule has 2 heteroatoms. The Hall–Kier alpha value is -5.60. The van der Waals surface area contributed by atoms with Crippen molar-refractivity contribution >= 4 is 49.8 Å². The van der Waals surface area contributed by atoms with Gasteiger partial charge in [0.05, 0.1) is 0 Å². The zero-order chi connectivity index (χ0) is 32.4. The number of hydrogen-bond acceptors (Lipinski definition) is 2. The minimum absolute atomic E-state index is 0.0968. The third-order valence-electron chi connectivity index (χ3n) is 11.3. The topological polar surface area (TPSA) is 16.4 Å². The maximum Gasteiger partial charge on any atom is 0.136 e. The molecule has 0 unspecified atom stereocenters. The number of para-hydroxylation sites is 1. The van der Waals surface area contributed by atoms with Crippen LogP contribution < -0.4 is 4.90 Å². The number of rotatable bonds is 3. The van der Waals surface area contributed by atoms with E-state index in [1.165, 1.54) is 60.7 Å². The van der Waals surface area contributed by atoms with Crippen molar-refractivity contribution in [2.75, 3.05) is 4.90 Å². The third kappa shape index (κ3) is 3.63. The van der Waals surface area contributed by atoms with Gasteiger partial charge in [0.2, 0.25) is 0 Å². The van der Waals surface area contributed by atoms with Crippen LogP contribution in [0.2, 0.25) is 0 Å². The van der Waals surface area contributed by atoms with Crippen LogP contribution in [0.3, 0.4) is 0 Å². The summed E-state index contributed by atoms with van der Waals surface area (Å²) in [5.41, 5.74) is 15.9. The molecule has 0 fully saturated rings. The summed E-state index contributed by atoms with van der Waals surface area (Å²) in [5.74, 6) is 0. The molecule has 2 aliphatic rings. The maximum atomic E-state index is 6.32. The average Bonchev–Trinajstić information content (AvgIpc) is 3.69. The van der Waals surface area contributed by atoms with Gasteiger partial charge >= 0.3 is 0 Å². The zero-order valence-electron chi connectivity index (χ0n) is 27.6. The maximum absolute atomic E-state index is 6.32. The quantitative estimate of drug-likeness (QED) is 0.196. The molecule has 2 aliphatic carbocycles. The highest BCUT2D eigenvalue weighted by molar-refractivity contribution is 6.19. The summed E-state index contributed by atoms with van der Waals surface area (Å²) < 4.78 is 6.32. The molecule has 0 amide bonds.